The van der Waals surface area contributed by atoms with Gasteiger partial charge in [-0.25, -0.2) is 4.79 Å². The lowest BCUT2D eigenvalue weighted by Crippen LogP contribution is -2.15. The van der Waals surface area contributed by atoms with Crippen LogP contribution < -0.4 is 0 Å². The lowest BCUT2D eigenvalue weighted by atomic mass is 10.4. The Labute approximate surface area is 84.1 Å². The van der Waals surface area contributed by atoms with E-state index in [0.29, 0.717) is 5.76 Å². The van der Waals surface area contributed by atoms with E-state index in [2.05, 4.69) is 13.2 Å². The molecule has 0 unspecified atom stereocenters. The molecule has 0 radical (unpaired) electrons. The molecule has 0 heterocycles. The minimum atomic E-state index is -0.586. The molecule has 80 valence electrons. The number of rotatable bonds is 6. The molecule has 14 heavy (non-hydrogen) atoms. The third kappa shape index (κ3) is 5.37. The summed E-state index contributed by atoms with van der Waals surface area (Å²) < 4.78 is 14.6. The maximum absolute atomic E-state index is 11.2. The van der Waals surface area contributed by atoms with Gasteiger partial charge in [-0.15, -0.1) is 0 Å². The van der Waals surface area contributed by atoms with Crippen LogP contribution in [0.4, 0.5) is 0 Å². The zero-order chi connectivity index (χ0) is 11.1. The molecule has 0 aromatic carbocycles. The van der Waals surface area contributed by atoms with E-state index in [4.69, 9.17) is 14.2 Å². The van der Waals surface area contributed by atoms with Crippen molar-refractivity contribution in [2.24, 2.45) is 0 Å². The zero-order valence-electron chi connectivity index (χ0n) is 8.83. The summed E-state index contributed by atoms with van der Waals surface area (Å²) in [4.78, 5) is 11.2. The first-order valence-electron chi connectivity index (χ1n) is 4.21. The van der Waals surface area contributed by atoms with Gasteiger partial charge in [0.2, 0.25) is 5.76 Å². The van der Waals surface area contributed by atoms with Crippen molar-refractivity contribution >= 4 is 5.97 Å². The maximum Gasteiger partial charge on any atom is 0.373 e. The van der Waals surface area contributed by atoms with Gasteiger partial charge in [-0.05, 0) is 20.4 Å². The van der Waals surface area contributed by atoms with Gasteiger partial charge in [-0.2, -0.15) is 0 Å². The summed E-state index contributed by atoms with van der Waals surface area (Å²) >= 11 is 0. The highest BCUT2D eigenvalue weighted by Crippen LogP contribution is 2.06. The first kappa shape index (κ1) is 12.7. The molecule has 0 aliphatic rings. The Morgan fingerprint density at radius 1 is 1.36 bits per heavy atom. The third-order valence-corrected chi connectivity index (χ3v) is 1.14. The van der Waals surface area contributed by atoms with Crippen molar-refractivity contribution in [1.82, 2.24) is 0 Å². The molecule has 0 spiro atoms. The van der Waals surface area contributed by atoms with Crippen LogP contribution >= 0.6 is 0 Å². The predicted octanol–water partition coefficient (Wildman–Crippen LogP) is 1.63. The first-order valence-corrected chi connectivity index (χ1v) is 4.21. The molecule has 0 aliphatic carbocycles. The molecule has 4 heteroatoms. The Bertz CT molecular complexity index is 230. The Morgan fingerprint density at radius 3 is 2.36 bits per heavy atom. The second kappa shape index (κ2) is 6.21. The van der Waals surface area contributed by atoms with Crippen molar-refractivity contribution in [3.8, 4) is 0 Å². The van der Waals surface area contributed by atoms with Crippen molar-refractivity contribution in [2.45, 2.75) is 20.0 Å². The number of hydrogen-bond acceptors (Lipinski definition) is 4. The van der Waals surface area contributed by atoms with Crippen LogP contribution in [0.15, 0.2) is 24.7 Å². The molecular weight excluding hydrogens is 184 g/mol. The van der Waals surface area contributed by atoms with Crippen molar-refractivity contribution in [3.63, 3.8) is 0 Å². The topological polar surface area (TPSA) is 44.8 Å². The quantitative estimate of drug-likeness (QED) is 0.371. The minimum Gasteiger partial charge on any atom is -0.457 e. The van der Waals surface area contributed by atoms with Crippen molar-refractivity contribution in [2.75, 3.05) is 13.7 Å². The van der Waals surface area contributed by atoms with E-state index >= 15 is 0 Å². The number of carbonyl (C=O) groups excluding carboxylic acids is 1. The minimum absolute atomic E-state index is 0.0826. The van der Waals surface area contributed by atoms with Crippen LogP contribution in [0.1, 0.15) is 13.8 Å². The SMILES string of the molecule is C=C(COC)OC(=C)C(=O)OC(C)C. The molecule has 0 aromatic heterocycles. The molecule has 0 N–H and O–H groups in total. The number of hydrogen-bond donors (Lipinski definition) is 0. The zero-order valence-corrected chi connectivity index (χ0v) is 8.83. The number of ether oxygens (including phenoxy) is 3. The Morgan fingerprint density at radius 2 is 1.93 bits per heavy atom. The van der Waals surface area contributed by atoms with Crippen LogP contribution in [-0.2, 0) is 19.0 Å². The average Bonchev–Trinajstić information content (AvgIpc) is 2.02. The van der Waals surface area contributed by atoms with Gasteiger partial charge in [0.15, 0.2) is 0 Å². The standard InChI is InChI=1S/C10H16O4/c1-7(2)13-10(11)9(4)14-8(3)6-12-5/h7H,3-4,6H2,1-2,5H3. The van der Waals surface area contributed by atoms with Crippen LogP contribution in [0.3, 0.4) is 0 Å². The molecule has 0 amide bonds. The van der Waals surface area contributed by atoms with Crippen molar-refractivity contribution in [3.05, 3.63) is 24.7 Å². The molecular formula is C10H16O4. The smallest absolute Gasteiger partial charge is 0.373 e. The van der Waals surface area contributed by atoms with Crippen LogP contribution in [0.2, 0.25) is 0 Å². The molecule has 0 aromatic rings. The Kier molecular flexibility index (Phi) is 5.64. The molecule has 0 aliphatic heterocycles. The van der Waals surface area contributed by atoms with Gasteiger partial charge in [0, 0.05) is 7.11 Å². The van der Waals surface area contributed by atoms with Gasteiger partial charge in [-0.3, -0.25) is 0 Å². The lowest BCUT2D eigenvalue weighted by Gasteiger charge is -2.11. The molecule has 0 fully saturated rings. The fraction of sp³-hybridized carbons (Fsp3) is 0.500. The highest BCUT2D eigenvalue weighted by molar-refractivity contribution is 5.85. The average molecular weight is 200 g/mol. The first-order chi connectivity index (χ1) is 6.47. The molecule has 0 atom stereocenters. The number of esters is 1. The van der Waals surface area contributed by atoms with Gasteiger partial charge in [-0.1, -0.05) is 6.58 Å². The monoisotopic (exact) mass is 200 g/mol. The Balaban J connectivity index is 3.96. The second-order valence-corrected chi connectivity index (χ2v) is 2.95. The van der Waals surface area contributed by atoms with Gasteiger partial charge < -0.3 is 14.2 Å². The number of methoxy groups -OCH3 is 1. The summed E-state index contributed by atoms with van der Waals surface area (Å²) in [6, 6.07) is 0. The van der Waals surface area contributed by atoms with Crippen LogP contribution in [0.25, 0.3) is 0 Å². The van der Waals surface area contributed by atoms with E-state index in [0.717, 1.165) is 0 Å². The third-order valence-electron chi connectivity index (χ3n) is 1.14. The van der Waals surface area contributed by atoms with Gasteiger partial charge in [0.1, 0.15) is 12.4 Å². The summed E-state index contributed by atoms with van der Waals surface area (Å²) in [6.07, 6.45) is -0.196. The van der Waals surface area contributed by atoms with Gasteiger partial charge in [0.05, 0.1) is 6.10 Å². The highest BCUT2D eigenvalue weighted by Gasteiger charge is 2.12. The highest BCUT2D eigenvalue weighted by atomic mass is 16.6. The Hall–Kier alpha value is -1.29. The fourth-order valence-corrected chi connectivity index (χ4v) is 0.686. The van der Waals surface area contributed by atoms with Crippen molar-refractivity contribution < 1.29 is 19.0 Å². The lowest BCUT2D eigenvalue weighted by molar-refractivity contribution is -0.146. The maximum atomic E-state index is 11.2. The summed E-state index contributed by atoms with van der Waals surface area (Å²) in [5, 5.41) is 0. The number of carbonyl (C=O) groups is 1. The van der Waals surface area contributed by atoms with E-state index in [9.17, 15) is 4.79 Å². The van der Waals surface area contributed by atoms with E-state index in [-0.39, 0.29) is 18.5 Å². The summed E-state index contributed by atoms with van der Waals surface area (Å²) in [7, 11) is 1.50. The summed E-state index contributed by atoms with van der Waals surface area (Å²) in [5.41, 5.74) is 0. The van der Waals surface area contributed by atoms with Crippen LogP contribution in [0.5, 0.6) is 0 Å². The fourth-order valence-electron chi connectivity index (χ4n) is 0.686. The molecule has 0 bridgehead atoms. The van der Waals surface area contributed by atoms with Gasteiger partial charge in [0.25, 0.3) is 0 Å². The van der Waals surface area contributed by atoms with Crippen LogP contribution in [0, 0.1) is 0 Å². The molecule has 4 nitrogen and oxygen atoms in total. The van der Waals surface area contributed by atoms with E-state index < -0.39 is 5.97 Å². The molecule has 0 rings (SSSR count). The summed E-state index contributed by atoms with van der Waals surface area (Å²) in [5.74, 6) is -0.351. The van der Waals surface area contributed by atoms with E-state index in [1.165, 1.54) is 7.11 Å². The van der Waals surface area contributed by atoms with E-state index in [1.54, 1.807) is 13.8 Å². The summed E-state index contributed by atoms with van der Waals surface area (Å²) in [6.45, 7) is 10.7. The van der Waals surface area contributed by atoms with E-state index in [1.807, 2.05) is 0 Å². The van der Waals surface area contributed by atoms with Crippen LogP contribution in [-0.4, -0.2) is 25.8 Å². The van der Waals surface area contributed by atoms with Crippen molar-refractivity contribution in [1.29, 1.82) is 0 Å². The van der Waals surface area contributed by atoms with Gasteiger partial charge >= 0.3 is 5.97 Å². The normalized spacial score (nSPS) is 9.71. The largest absolute Gasteiger partial charge is 0.457 e. The second-order valence-electron chi connectivity index (χ2n) is 2.95. The molecule has 0 saturated heterocycles. The molecule has 0 saturated carbocycles. The predicted molar refractivity (Wildman–Crippen MR) is 52.5 cm³/mol.